The van der Waals surface area contributed by atoms with E-state index >= 15 is 0 Å². The van der Waals surface area contributed by atoms with E-state index in [9.17, 15) is 9.90 Å². The van der Waals surface area contributed by atoms with Gasteiger partial charge in [-0.2, -0.15) is 5.10 Å². The number of nitrogens with one attached hydrogen (secondary N) is 1. The first-order valence-corrected chi connectivity index (χ1v) is 7.70. The van der Waals surface area contributed by atoms with Crippen LogP contribution in [0.1, 0.15) is 56.1 Å². The molecular weight excluding hydrogens is 266 g/mol. The molecule has 2 aliphatic carbocycles. The van der Waals surface area contributed by atoms with Gasteiger partial charge in [0, 0.05) is 13.1 Å². The fraction of sp³-hybridized carbons (Fsp3) is 0.750. The van der Waals surface area contributed by atoms with Crippen molar-refractivity contribution in [2.75, 3.05) is 5.32 Å². The highest BCUT2D eigenvalue weighted by Gasteiger charge is 2.59. The molecule has 1 heterocycles. The monoisotopic (exact) mass is 291 g/mol. The largest absolute Gasteiger partial charge is 0.477 e. The van der Waals surface area contributed by atoms with Crippen LogP contribution in [0.3, 0.4) is 0 Å². The van der Waals surface area contributed by atoms with E-state index in [-0.39, 0.29) is 16.9 Å². The Balaban J connectivity index is 2.00. The van der Waals surface area contributed by atoms with Crippen LogP contribution in [-0.2, 0) is 7.05 Å². The van der Waals surface area contributed by atoms with E-state index in [0.717, 1.165) is 5.92 Å². The van der Waals surface area contributed by atoms with Crippen LogP contribution < -0.4 is 5.32 Å². The number of carboxylic acids is 1. The third-order valence-corrected chi connectivity index (χ3v) is 5.99. The molecule has 0 radical (unpaired) electrons. The molecule has 0 aromatic carbocycles. The quantitative estimate of drug-likeness (QED) is 0.898. The van der Waals surface area contributed by atoms with E-state index in [1.54, 1.807) is 11.6 Å². The number of fused-ring (bicyclic) bond motifs is 2. The number of carbonyl (C=O) groups is 1. The molecule has 2 N–H and O–H groups in total. The van der Waals surface area contributed by atoms with Gasteiger partial charge in [-0.1, -0.05) is 20.8 Å². The molecule has 2 fully saturated rings. The third kappa shape index (κ3) is 1.89. The Bertz CT molecular complexity index is 600. The molecule has 2 aliphatic rings. The first kappa shape index (κ1) is 14.4. The SMILES string of the molecule is Cc1nn(C)c(NC2C3(C)CCC(C3)C2(C)C)c1C(=O)O. The first-order valence-electron chi connectivity index (χ1n) is 7.70. The first-order chi connectivity index (χ1) is 9.67. The van der Waals surface area contributed by atoms with Gasteiger partial charge in [-0.25, -0.2) is 4.79 Å². The second kappa shape index (κ2) is 4.24. The summed E-state index contributed by atoms with van der Waals surface area (Å²) in [4.78, 5) is 11.5. The average Bonchev–Trinajstić information content (AvgIpc) is 2.92. The highest BCUT2D eigenvalue weighted by Crippen LogP contribution is 2.63. The van der Waals surface area contributed by atoms with E-state index in [2.05, 4.69) is 31.2 Å². The molecule has 0 amide bonds. The van der Waals surface area contributed by atoms with Crippen molar-refractivity contribution in [3.05, 3.63) is 11.3 Å². The summed E-state index contributed by atoms with van der Waals surface area (Å²) in [5, 5.41) is 17.3. The molecule has 3 rings (SSSR count). The summed E-state index contributed by atoms with van der Waals surface area (Å²) < 4.78 is 1.67. The number of rotatable bonds is 3. The van der Waals surface area contributed by atoms with Crippen molar-refractivity contribution < 1.29 is 9.90 Å². The van der Waals surface area contributed by atoms with Crippen LogP contribution in [0.2, 0.25) is 0 Å². The number of hydrogen-bond donors (Lipinski definition) is 2. The van der Waals surface area contributed by atoms with Crippen molar-refractivity contribution in [1.29, 1.82) is 0 Å². The van der Waals surface area contributed by atoms with Gasteiger partial charge >= 0.3 is 5.97 Å². The lowest BCUT2D eigenvalue weighted by Gasteiger charge is -2.43. The van der Waals surface area contributed by atoms with Crippen LogP contribution in [0.25, 0.3) is 0 Å². The number of hydrogen-bond acceptors (Lipinski definition) is 3. The normalized spacial score (nSPS) is 33.4. The van der Waals surface area contributed by atoms with Gasteiger partial charge in [0.15, 0.2) is 0 Å². The van der Waals surface area contributed by atoms with Crippen molar-refractivity contribution in [3.63, 3.8) is 0 Å². The Labute approximate surface area is 125 Å². The zero-order valence-electron chi connectivity index (χ0n) is 13.5. The van der Waals surface area contributed by atoms with Crippen LogP contribution in [0.4, 0.5) is 5.82 Å². The van der Waals surface area contributed by atoms with Crippen LogP contribution in [0.15, 0.2) is 0 Å². The molecule has 1 aromatic heterocycles. The molecule has 0 spiro atoms. The minimum absolute atomic E-state index is 0.181. The number of aromatic nitrogens is 2. The van der Waals surface area contributed by atoms with E-state index < -0.39 is 5.97 Å². The van der Waals surface area contributed by atoms with Crippen molar-refractivity contribution in [2.45, 2.75) is 53.0 Å². The predicted octanol–water partition coefficient (Wildman–Crippen LogP) is 3.05. The number of aromatic carboxylic acids is 1. The molecule has 2 bridgehead atoms. The standard InChI is InChI=1S/C16H25N3O2/c1-9-11(13(20)21)12(19(5)18-9)17-14-15(2,3)10-6-7-16(14,4)8-10/h10,14,17H,6-8H2,1-5H3,(H,20,21). The number of aryl methyl sites for hydroxylation is 2. The van der Waals surface area contributed by atoms with Crippen LogP contribution in [0.5, 0.6) is 0 Å². The van der Waals surface area contributed by atoms with Gasteiger partial charge in [0.05, 0.1) is 5.69 Å². The Morgan fingerprint density at radius 1 is 1.43 bits per heavy atom. The maximum atomic E-state index is 11.5. The number of nitrogens with zero attached hydrogens (tertiary/aromatic N) is 2. The molecule has 3 atom stereocenters. The predicted molar refractivity (Wildman–Crippen MR) is 81.5 cm³/mol. The summed E-state index contributed by atoms with van der Waals surface area (Å²) in [6, 6.07) is 0.289. The molecule has 5 nitrogen and oxygen atoms in total. The van der Waals surface area contributed by atoms with Gasteiger partial charge in [-0.3, -0.25) is 4.68 Å². The summed E-state index contributed by atoms with van der Waals surface area (Å²) in [6.07, 6.45) is 3.74. The molecule has 3 unspecified atom stereocenters. The van der Waals surface area contributed by atoms with E-state index in [1.807, 2.05) is 7.05 Å². The summed E-state index contributed by atoms with van der Waals surface area (Å²) in [5.74, 6) is 0.462. The summed E-state index contributed by atoms with van der Waals surface area (Å²) in [6.45, 7) is 8.71. The molecule has 2 saturated carbocycles. The van der Waals surface area contributed by atoms with Gasteiger partial charge in [0.1, 0.15) is 11.4 Å². The van der Waals surface area contributed by atoms with Gasteiger partial charge in [0.25, 0.3) is 0 Å². The minimum Gasteiger partial charge on any atom is -0.477 e. The molecule has 1 aromatic rings. The fourth-order valence-corrected chi connectivity index (χ4v) is 4.88. The Kier molecular flexibility index (Phi) is 2.91. The van der Waals surface area contributed by atoms with Crippen LogP contribution >= 0.6 is 0 Å². The lowest BCUT2D eigenvalue weighted by molar-refractivity contribution is 0.0696. The molecule has 116 valence electrons. The van der Waals surface area contributed by atoms with Crippen molar-refractivity contribution in [2.24, 2.45) is 23.8 Å². The number of carboxylic acid groups (broad SMARTS) is 1. The van der Waals surface area contributed by atoms with Crippen molar-refractivity contribution >= 4 is 11.8 Å². The molecule has 5 heteroatoms. The Morgan fingerprint density at radius 3 is 2.62 bits per heavy atom. The van der Waals surface area contributed by atoms with Crippen molar-refractivity contribution in [3.8, 4) is 0 Å². The summed E-state index contributed by atoms with van der Waals surface area (Å²) in [7, 11) is 1.81. The van der Waals surface area contributed by atoms with Gasteiger partial charge < -0.3 is 10.4 Å². The molecular formula is C16H25N3O2. The summed E-state index contributed by atoms with van der Waals surface area (Å²) in [5.41, 5.74) is 1.31. The van der Waals surface area contributed by atoms with Crippen LogP contribution in [-0.4, -0.2) is 26.9 Å². The average molecular weight is 291 g/mol. The smallest absolute Gasteiger partial charge is 0.341 e. The van der Waals surface area contributed by atoms with E-state index in [4.69, 9.17) is 0 Å². The second-order valence-electron chi connectivity index (χ2n) is 7.73. The van der Waals surface area contributed by atoms with Crippen molar-refractivity contribution in [1.82, 2.24) is 9.78 Å². The maximum Gasteiger partial charge on any atom is 0.341 e. The lowest BCUT2D eigenvalue weighted by Crippen LogP contribution is -2.46. The highest BCUT2D eigenvalue weighted by atomic mass is 16.4. The summed E-state index contributed by atoms with van der Waals surface area (Å²) >= 11 is 0. The third-order valence-electron chi connectivity index (χ3n) is 5.99. The zero-order valence-corrected chi connectivity index (χ0v) is 13.5. The van der Waals surface area contributed by atoms with E-state index in [0.29, 0.717) is 17.1 Å². The number of anilines is 1. The van der Waals surface area contributed by atoms with Gasteiger partial charge in [0.2, 0.25) is 0 Å². The fourth-order valence-electron chi connectivity index (χ4n) is 4.88. The molecule has 0 aliphatic heterocycles. The maximum absolute atomic E-state index is 11.5. The topological polar surface area (TPSA) is 67.2 Å². The second-order valence-corrected chi connectivity index (χ2v) is 7.73. The molecule has 0 saturated heterocycles. The van der Waals surface area contributed by atoms with E-state index in [1.165, 1.54) is 19.3 Å². The zero-order chi connectivity index (χ0) is 15.6. The molecule has 21 heavy (non-hydrogen) atoms. The highest BCUT2D eigenvalue weighted by molar-refractivity contribution is 5.94. The van der Waals surface area contributed by atoms with Gasteiger partial charge in [-0.05, 0) is 42.9 Å². The Hall–Kier alpha value is -1.52. The van der Waals surface area contributed by atoms with Gasteiger partial charge in [-0.15, -0.1) is 0 Å². The lowest BCUT2D eigenvalue weighted by atomic mass is 9.68. The minimum atomic E-state index is -0.908. The Morgan fingerprint density at radius 2 is 2.10 bits per heavy atom. The van der Waals surface area contributed by atoms with Crippen LogP contribution in [0, 0.1) is 23.7 Å².